The van der Waals surface area contributed by atoms with E-state index < -0.39 is 0 Å². The first-order valence-electron chi connectivity index (χ1n) is 6.86. The molecule has 1 heterocycles. The Bertz CT molecular complexity index is 969. The molecule has 0 amide bonds. The Kier molecular flexibility index (Phi) is 2.69. The van der Waals surface area contributed by atoms with Crippen LogP contribution in [0.1, 0.15) is 5.56 Å². The average molecular weight is 290 g/mol. The highest BCUT2D eigenvalue weighted by atomic mass is 32.1. The van der Waals surface area contributed by atoms with Crippen molar-refractivity contribution in [3.8, 4) is 10.6 Å². The van der Waals surface area contributed by atoms with Gasteiger partial charge in [0.05, 0.1) is 10.2 Å². The highest BCUT2D eigenvalue weighted by Gasteiger charge is 2.10. The maximum Gasteiger partial charge on any atom is 0.126 e. The second kappa shape index (κ2) is 4.57. The summed E-state index contributed by atoms with van der Waals surface area (Å²) < 4.78 is 1.21. The van der Waals surface area contributed by atoms with E-state index in [9.17, 15) is 0 Å². The normalized spacial score (nSPS) is 11.3. The zero-order valence-electron chi connectivity index (χ0n) is 11.6. The monoisotopic (exact) mass is 290 g/mol. The van der Waals surface area contributed by atoms with Crippen molar-refractivity contribution >= 4 is 38.0 Å². The molecule has 3 heteroatoms. The summed E-state index contributed by atoms with van der Waals surface area (Å²) in [7, 11) is 0. The average Bonchev–Trinajstić information content (AvgIpc) is 2.89. The molecule has 0 saturated heterocycles. The largest absolute Gasteiger partial charge is 0.398 e. The van der Waals surface area contributed by atoms with Crippen LogP contribution in [-0.2, 0) is 0 Å². The van der Waals surface area contributed by atoms with Crippen molar-refractivity contribution in [3.05, 3.63) is 60.2 Å². The lowest BCUT2D eigenvalue weighted by Gasteiger charge is -2.05. The van der Waals surface area contributed by atoms with Crippen molar-refractivity contribution in [2.24, 2.45) is 0 Å². The number of rotatable bonds is 1. The molecule has 2 nitrogen and oxygen atoms in total. The van der Waals surface area contributed by atoms with Crippen molar-refractivity contribution in [2.75, 3.05) is 5.73 Å². The number of nitrogens with two attached hydrogens (primary N) is 1. The Morgan fingerprint density at radius 1 is 0.952 bits per heavy atom. The van der Waals surface area contributed by atoms with Gasteiger partial charge >= 0.3 is 0 Å². The van der Waals surface area contributed by atoms with E-state index in [2.05, 4.69) is 43.3 Å². The fourth-order valence-electron chi connectivity index (χ4n) is 2.59. The maximum absolute atomic E-state index is 6.24. The molecule has 1 aromatic heterocycles. The third kappa shape index (κ3) is 2.06. The van der Waals surface area contributed by atoms with Crippen LogP contribution in [0.15, 0.2) is 54.6 Å². The smallest absolute Gasteiger partial charge is 0.126 e. The van der Waals surface area contributed by atoms with Crippen molar-refractivity contribution in [3.63, 3.8) is 0 Å². The molecule has 0 atom stereocenters. The third-order valence-corrected chi connectivity index (χ3v) is 4.74. The second-order valence-electron chi connectivity index (χ2n) is 5.28. The predicted octanol–water partition coefficient (Wildman–Crippen LogP) is 5.01. The van der Waals surface area contributed by atoms with E-state index in [4.69, 9.17) is 10.7 Å². The number of hydrogen-bond donors (Lipinski definition) is 1. The molecule has 0 fully saturated rings. The number of benzene rings is 3. The van der Waals surface area contributed by atoms with Crippen LogP contribution in [0.25, 0.3) is 31.6 Å². The Morgan fingerprint density at radius 2 is 1.71 bits per heavy atom. The summed E-state index contributed by atoms with van der Waals surface area (Å²) in [6, 6.07) is 18.8. The van der Waals surface area contributed by atoms with E-state index in [1.807, 2.05) is 18.2 Å². The minimum Gasteiger partial charge on any atom is -0.398 e. The van der Waals surface area contributed by atoms with Crippen LogP contribution in [0, 0.1) is 6.92 Å². The van der Waals surface area contributed by atoms with Gasteiger partial charge in [0.2, 0.25) is 0 Å². The van der Waals surface area contributed by atoms with Crippen molar-refractivity contribution in [1.82, 2.24) is 4.98 Å². The zero-order valence-corrected chi connectivity index (χ0v) is 12.4. The Morgan fingerprint density at radius 3 is 2.52 bits per heavy atom. The van der Waals surface area contributed by atoms with Gasteiger partial charge in [0.25, 0.3) is 0 Å². The molecule has 0 unspecified atom stereocenters. The lowest BCUT2D eigenvalue weighted by atomic mass is 10.1. The molecule has 0 aliphatic heterocycles. The van der Waals surface area contributed by atoms with Crippen molar-refractivity contribution in [1.29, 1.82) is 0 Å². The first kappa shape index (κ1) is 12.4. The van der Waals surface area contributed by atoms with E-state index in [1.165, 1.54) is 15.6 Å². The molecule has 0 aliphatic rings. The van der Waals surface area contributed by atoms with Gasteiger partial charge < -0.3 is 5.73 Å². The maximum atomic E-state index is 6.24. The summed E-state index contributed by atoms with van der Waals surface area (Å²) in [6.07, 6.45) is 0. The van der Waals surface area contributed by atoms with Gasteiger partial charge in [-0.25, -0.2) is 4.98 Å². The summed E-state index contributed by atoms with van der Waals surface area (Å²) in [5, 5.41) is 3.34. The van der Waals surface area contributed by atoms with Crippen LogP contribution >= 0.6 is 11.3 Å². The number of nitrogens with zero attached hydrogens (tertiary/aromatic N) is 1. The van der Waals surface area contributed by atoms with Gasteiger partial charge in [0.15, 0.2) is 0 Å². The van der Waals surface area contributed by atoms with Gasteiger partial charge in [-0.15, -0.1) is 11.3 Å². The van der Waals surface area contributed by atoms with Gasteiger partial charge in [0.1, 0.15) is 5.01 Å². The molecule has 0 bridgehead atoms. The number of hydrogen-bond acceptors (Lipinski definition) is 3. The lowest BCUT2D eigenvalue weighted by molar-refractivity contribution is 1.46. The molecule has 102 valence electrons. The molecular formula is C18H14N2S. The number of aromatic nitrogens is 1. The number of nitrogen functional groups attached to an aromatic ring is 1. The fourth-order valence-corrected chi connectivity index (χ4v) is 3.69. The molecule has 3 aromatic carbocycles. The van der Waals surface area contributed by atoms with E-state index in [1.54, 1.807) is 11.3 Å². The summed E-state index contributed by atoms with van der Waals surface area (Å²) in [6.45, 7) is 2.10. The molecule has 0 aliphatic carbocycles. The van der Waals surface area contributed by atoms with E-state index in [0.29, 0.717) is 0 Å². The Labute approximate surface area is 126 Å². The van der Waals surface area contributed by atoms with Gasteiger partial charge in [-0.3, -0.25) is 0 Å². The molecule has 21 heavy (non-hydrogen) atoms. The van der Waals surface area contributed by atoms with Crippen LogP contribution < -0.4 is 5.73 Å². The summed E-state index contributed by atoms with van der Waals surface area (Å²) >= 11 is 1.70. The van der Waals surface area contributed by atoms with E-state index >= 15 is 0 Å². The minimum atomic E-state index is 0.782. The molecule has 0 radical (unpaired) electrons. The molecule has 4 rings (SSSR count). The summed E-state index contributed by atoms with van der Waals surface area (Å²) in [5.41, 5.74) is 10.3. The van der Waals surface area contributed by atoms with Crippen LogP contribution in [-0.4, -0.2) is 4.98 Å². The summed E-state index contributed by atoms with van der Waals surface area (Å²) in [5.74, 6) is 0. The van der Waals surface area contributed by atoms with Gasteiger partial charge in [-0.05, 0) is 47.5 Å². The van der Waals surface area contributed by atoms with E-state index in [-0.39, 0.29) is 0 Å². The fraction of sp³-hybridized carbons (Fsp3) is 0.0556. The van der Waals surface area contributed by atoms with Crippen molar-refractivity contribution in [2.45, 2.75) is 6.92 Å². The molecule has 0 saturated carbocycles. The number of fused-ring (bicyclic) bond motifs is 2. The Hall–Kier alpha value is -2.39. The molecule has 2 N–H and O–H groups in total. The number of anilines is 1. The standard InChI is InChI=1S/C18H14N2S/c1-11-6-7-16-17(8-11)21-18(20-16)14-9-12-4-2-3-5-13(12)10-15(14)19/h2-10H,19H2,1H3. The number of thiazole rings is 1. The third-order valence-electron chi connectivity index (χ3n) is 3.69. The Balaban J connectivity index is 1.96. The molecular weight excluding hydrogens is 276 g/mol. The number of aryl methyl sites for hydroxylation is 1. The molecule has 0 spiro atoms. The first-order chi connectivity index (χ1) is 10.2. The van der Waals surface area contributed by atoms with Crippen LogP contribution in [0.3, 0.4) is 0 Å². The quantitative estimate of drug-likeness (QED) is 0.501. The van der Waals surface area contributed by atoms with E-state index in [0.717, 1.165) is 27.2 Å². The van der Waals surface area contributed by atoms with Crippen LogP contribution in [0.4, 0.5) is 5.69 Å². The highest BCUT2D eigenvalue weighted by molar-refractivity contribution is 7.21. The lowest BCUT2D eigenvalue weighted by Crippen LogP contribution is -1.90. The molecule has 4 aromatic rings. The second-order valence-corrected chi connectivity index (χ2v) is 6.31. The van der Waals surface area contributed by atoms with Crippen LogP contribution in [0.2, 0.25) is 0 Å². The van der Waals surface area contributed by atoms with Gasteiger partial charge in [-0.1, -0.05) is 30.3 Å². The SMILES string of the molecule is Cc1ccc2nc(-c3cc4ccccc4cc3N)sc2c1. The van der Waals surface area contributed by atoms with Crippen molar-refractivity contribution < 1.29 is 0 Å². The zero-order chi connectivity index (χ0) is 14.4. The summed E-state index contributed by atoms with van der Waals surface area (Å²) in [4.78, 5) is 4.73. The minimum absolute atomic E-state index is 0.782. The van der Waals surface area contributed by atoms with Crippen LogP contribution in [0.5, 0.6) is 0 Å². The van der Waals surface area contributed by atoms with Gasteiger partial charge in [0, 0.05) is 11.3 Å². The highest BCUT2D eigenvalue weighted by Crippen LogP contribution is 2.35. The first-order valence-corrected chi connectivity index (χ1v) is 7.68. The van der Waals surface area contributed by atoms with Gasteiger partial charge in [-0.2, -0.15) is 0 Å². The predicted molar refractivity (Wildman–Crippen MR) is 91.7 cm³/mol. The topological polar surface area (TPSA) is 38.9 Å².